The second-order valence-corrected chi connectivity index (χ2v) is 18.5. The number of aryl methyl sites for hydroxylation is 2. The largest absolute Gasteiger partial charge is 1.00 e. The van der Waals surface area contributed by atoms with Crippen LogP contribution in [0, 0.1) is 0 Å². The van der Waals surface area contributed by atoms with E-state index in [-0.39, 0.29) is 74.0 Å². The van der Waals surface area contributed by atoms with Gasteiger partial charge < -0.3 is 53.9 Å². The monoisotopic (exact) mass is 1200 g/mol. The van der Waals surface area contributed by atoms with Gasteiger partial charge in [0.15, 0.2) is 22.6 Å². The van der Waals surface area contributed by atoms with Crippen molar-refractivity contribution in [3.05, 3.63) is 103 Å². The van der Waals surface area contributed by atoms with E-state index < -0.39 is 29.7 Å². The summed E-state index contributed by atoms with van der Waals surface area (Å²) in [6.07, 6.45) is -2.33. The van der Waals surface area contributed by atoms with Gasteiger partial charge >= 0.3 is 53.8 Å². The molecule has 24 heteroatoms. The quantitative estimate of drug-likeness (QED) is 0.0346. The number of halogens is 8. The first-order valence-electron chi connectivity index (χ1n) is 23.5. The molecule has 0 saturated carbocycles. The minimum Gasteiger partial charge on any atom is -0.870 e. The Morgan fingerprint density at radius 2 is 1.17 bits per heavy atom. The summed E-state index contributed by atoms with van der Waals surface area (Å²) in [7, 11) is 3.80. The number of fused-ring (bicyclic) bond motifs is 2. The maximum Gasteiger partial charge on any atom is 1.00 e. The van der Waals surface area contributed by atoms with E-state index in [2.05, 4.69) is 49.1 Å². The average molecular weight is 1200 g/mol. The number of aromatic nitrogens is 2. The molecule has 7 rings (SSSR count). The van der Waals surface area contributed by atoms with Crippen molar-refractivity contribution < 1.29 is 110 Å². The fourth-order valence-corrected chi connectivity index (χ4v) is 8.79. The molecule has 408 valence electrons. The van der Waals surface area contributed by atoms with Crippen molar-refractivity contribution in [3.8, 4) is 11.5 Å². The van der Waals surface area contributed by atoms with E-state index in [4.69, 9.17) is 33.1 Å². The Morgan fingerprint density at radius 3 is 1.51 bits per heavy atom. The molecule has 4 aromatic carbocycles. The van der Waals surface area contributed by atoms with Crippen LogP contribution in [0.25, 0.3) is 21.9 Å². The molecule has 2 aromatic heterocycles. The molecule has 1 saturated heterocycles. The van der Waals surface area contributed by atoms with Crippen molar-refractivity contribution in [2.24, 2.45) is 0 Å². The molecule has 0 radical (unpaired) electrons. The molecule has 6 aromatic rings. The topological polar surface area (TPSA) is 211 Å². The van der Waals surface area contributed by atoms with Crippen LogP contribution >= 0.6 is 31.9 Å². The molecule has 3 heterocycles. The Kier molecular flexibility index (Phi) is 27.4. The first-order valence-corrected chi connectivity index (χ1v) is 25.0. The Labute approximate surface area is 469 Å². The van der Waals surface area contributed by atoms with Gasteiger partial charge in [0.25, 0.3) is 0 Å². The van der Waals surface area contributed by atoms with Gasteiger partial charge in [0, 0.05) is 65.2 Å². The predicted octanol–water partition coefficient (Wildman–Crippen LogP) is 10.00. The van der Waals surface area contributed by atoms with E-state index in [9.17, 15) is 35.9 Å². The molecule has 1 aliphatic rings. The molecule has 0 spiro atoms. The standard InChI is InChI=1S/C24H26BrF3N2O4.C22H22BrF3N2O4.C5H10O.Na.2H2O/c1-4-7-17-20(11-10-18-21(17)34-29-22(18)24(26,27)28)33-13-6-12-30(3)15-8-9-16(19(25)14-15)23(31)32-5-2;1-3-5-15-18(9-8-16-19(15)32-27-20(16)22(24,25)26)31-11-4-10-28(2)13-6-7-14(21(29)30)17(23)12-13;1-5-3-2-4-6-5;;;/h8-11,14H,4-7,12-13H2,1-3H3;6-9,12H,3-5,10-11H2,1-2H3,(H,29,30);5H,2-4H2,1H3;;2*1H2/q;;;+1;;/p-1. The van der Waals surface area contributed by atoms with Crippen LogP contribution in [0.2, 0.25) is 0 Å². The molecule has 0 bridgehead atoms. The first-order chi connectivity index (χ1) is 34.2. The number of hydrogen-bond acceptors (Lipinski definition) is 13. The number of carboxylic acid groups (broad SMARTS) is 1. The van der Waals surface area contributed by atoms with E-state index in [0.717, 1.165) is 24.4 Å². The molecule has 15 nitrogen and oxygen atoms in total. The van der Waals surface area contributed by atoms with Crippen LogP contribution in [-0.2, 0) is 34.7 Å². The third kappa shape index (κ3) is 18.2. The SMILES string of the molecule is CC1CCCO1.CCCc1c(OCCCN(C)c2ccc(C(=O)O)c(Br)c2)ccc2c(C(F)(F)F)noc12.CCCc1c(OCCCN(C)c2ccc(C(=O)OCC)c(Br)c2)ccc2c(C(F)(F)F)noc12.O.[Na+].[OH-]. The summed E-state index contributed by atoms with van der Waals surface area (Å²) in [5.41, 5.74) is 1.75. The molecule has 4 N–H and O–H groups in total. The number of nitrogens with zero attached hydrogens (tertiary/aromatic N) is 4. The molecule has 1 aliphatic heterocycles. The molecule has 1 atom stereocenters. The molecule has 0 aliphatic carbocycles. The van der Waals surface area contributed by atoms with E-state index in [1.807, 2.05) is 49.9 Å². The summed E-state index contributed by atoms with van der Waals surface area (Å²) in [6, 6.07) is 16.2. The van der Waals surface area contributed by atoms with Gasteiger partial charge in [0.1, 0.15) is 11.5 Å². The molecule has 0 amide bonds. The van der Waals surface area contributed by atoms with E-state index in [1.54, 1.807) is 31.2 Å². The number of alkyl halides is 6. The number of hydrogen-bond donors (Lipinski definition) is 1. The Hall–Kier alpha value is -4.62. The molecular formula is C51H61Br2F6N4NaO11. The van der Waals surface area contributed by atoms with Gasteiger partial charge in [-0.25, -0.2) is 9.59 Å². The summed E-state index contributed by atoms with van der Waals surface area (Å²) < 4.78 is 112. The van der Waals surface area contributed by atoms with Crippen molar-refractivity contribution in [2.75, 3.05) is 63.4 Å². The summed E-state index contributed by atoms with van der Waals surface area (Å²) in [5, 5.41) is 15.5. The number of carbonyl (C=O) groups is 2. The smallest absolute Gasteiger partial charge is 0.870 e. The summed E-state index contributed by atoms with van der Waals surface area (Å²) in [5.74, 6) is -0.400. The Bertz CT molecular complexity index is 2750. The maximum absolute atomic E-state index is 13.2. The van der Waals surface area contributed by atoms with Gasteiger partial charge in [0.05, 0.1) is 47.8 Å². The minimum absolute atomic E-state index is 0. The fourth-order valence-electron chi connectivity index (χ4n) is 7.73. The van der Waals surface area contributed by atoms with Crippen LogP contribution in [0.5, 0.6) is 11.5 Å². The average Bonchev–Trinajstić information content (AvgIpc) is 4.11. The molecule has 1 fully saturated rings. The zero-order chi connectivity index (χ0) is 52.8. The summed E-state index contributed by atoms with van der Waals surface area (Å²) in [6.45, 7) is 11.0. The fraction of sp³-hybridized carbons (Fsp3) is 0.451. The van der Waals surface area contributed by atoms with Crippen LogP contribution < -0.4 is 48.8 Å². The Balaban J connectivity index is 0.000000445. The second kappa shape index (κ2) is 31.0. The Morgan fingerprint density at radius 1 is 0.733 bits per heavy atom. The third-order valence-electron chi connectivity index (χ3n) is 11.4. The normalized spacial score (nSPS) is 13.0. The van der Waals surface area contributed by atoms with E-state index in [1.165, 1.54) is 37.1 Å². The number of carboxylic acids is 1. The third-order valence-corrected chi connectivity index (χ3v) is 12.7. The van der Waals surface area contributed by atoms with Gasteiger partial charge in [-0.3, -0.25) is 0 Å². The minimum atomic E-state index is -4.58. The van der Waals surface area contributed by atoms with Gasteiger partial charge in [-0.1, -0.05) is 37.0 Å². The van der Waals surface area contributed by atoms with Gasteiger partial charge in [0.2, 0.25) is 0 Å². The van der Waals surface area contributed by atoms with Crippen molar-refractivity contribution >= 4 is 77.1 Å². The van der Waals surface area contributed by atoms with Gasteiger partial charge in [-0.2, -0.15) is 26.3 Å². The van der Waals surface area contributed by atoms with Crippen LogP contribution in [0.3, 0.4) is 0 Å². The number of carbonyl (C=O) groups excluding carboxylic acids is 1. The number of rotatable bonds is 19. The number of ether oxygens (including phenoxy) is 4. The van der Waals surface area contributed by atoms with Crippen LogP contribution in [0.4, 0.5) is 37.7 Å². The zero-order valence-electron chi connectivity index (χ0n) is 42.7. The molecular weight excluding hydrogens is 1140 g/mol. The van der Waals surface area contributed by atoms with Crippen LogP contribution in [0.1, 0.15) is 109 Å². The summed E-state index contributed by atoms with van der Waals surface area (Å²) in [4.78, 5) is 27.1. The van der Waals surface area contributed by atoms with Crippen molar-refractivity contribution in [3.63, 3.8) is 0 Å². The predicted molar refractivity (Wildman–Crippen MR) is 274 cm³/mol. The molecule has 75 heavy (non-hydrogen) atoms. The second-order valence-electron chi connectivity index (χ2n) is 16.8. The maximum atomic E-state index is 13.2. The number of anilines is 2. The van der Waals surface area contributed by atoms with Crippen molar-refractivity contribution in [2.45, 2.75) is 97.5 Å². The van der Waals surface area contributed by atoms with Crippen molar-refractivity contribution in [1.82, 2.24) is 10.3 Å². The zero-order valence-corrected chi connectivity index (χ0v) is 47.9. The van der Waals surface area contributed by atoms with Crippen LogP contribution in [0.15, 0.2) is 78.7 Å². The van der Waals surface area contributed by atoms with Gasteiger partial charge in [-0.05, 0) is 145 Å². The van der Waals surface area contributed by atoms with E-state index in [0.29, 0.717) is 108 Å². The summed E-state index contributed by atoms with van der Waals surface area (Å²) >= 11 is 6.69. The van der Waals surface area contributed by atoms with E-state index >= 15 is 0 Å². The number of benzene rings is 4. The van der Waals surface area contributed by atoms with Crippen molar-refractivity contribution in [1.29, 1.82) is 0 Å². The van der Waals surface area contributed by atoms with Crippen LogP contribution in [-0.4, -0.2) is 98.0 Å². The number of esters is 1. The number of aromatic carboxylic acids is 1. The molecule has 1 unspecified atom stereocenters. The first kappa shape index (κ1) is 66.5. The van der Waals surface area contributed by atoms with Gasteiger partial charge in [-0.15, -0.1) is 0 Å².